The number of piperidine rings is 1. The number of hydrogen-bond acceptors (Lipinski definition) is 4. The summed E-state index contributed by atoms with van der Waals surface area (Å²) in [4.78, 5) is 2.31. The van der Waals surface area contributed by atoms with Gasteiger partial charge in [-0.2, -0.15) is 0 Å². The van der Waals surface area contributed by atoms with Gasteiger partial charge < -0.3 is 5.73 Å². The molecule has 5 heteroatoms. The van der Waals surface area contributed by atoms with E-state index in [4.69, 9.17) is 5.73 Å². The third-order valence-electron chi connectivity index (χ3n) is 3.96. The van der Waals surface area contributed by atoms with Gasteiger partial charge in [0.1, 0.15) is 0 Å². The van der Waals surface area contributed by atoms with Crippen molar-refractivity contribution >= 4 is 9.84 Å². The van der Waals surface area contributed by atoms with Gasteiger partial charge in [0.05, 0.1) is 11.5 Å². The van der Waals surface area contributed by atoms with Crippen LogP contribution in [0, 0.1) is 5.92 Å². The molecule has 2 N–H and O–H groups in total. The highest BCUT2D eigenvalue weighted by molar-refractivity contribution is 7.91. The molecule has 2 fully saturated rings. The summed E-state index contributed by atoms with van der Waals surface area (Å²) < 4.78 is 23.1. The molecule has 0 amide bonds. The number of rotatable bonds is 2. The molecule has 2 rings (SSSR count). The molecule has 0 aromatic rings. The standard InChI is InChI=1S/C11H22N2O2S/c1-2-9-4-3-5-13(6-9)11-8-16(14,15)7-10(11)12/h9-11H,2-8,12H2,1H3. The first-order valence-corrected chi connectivity index (χ1v) is 8.04. The zero-order chi connectivity index (χ0) is 11.8. The smallest absolute Gasteiger partial charge is 0.153 e. The van der Waals surface area contributed by atoms with Crippen LogP contribution in [0.3, 0.4) is 0 Å². The lowest BCUT2D eigenvalue weighted by Gasteiger charge is -2.37. The van der Waals surface area contributed by atoms with Gasteiger partial charge in [0.15, 0.2) is 9.84 Å². The van der Waals surface area contributed by atoms with Crippen LogP contribution in [0.2, 0.25) is 0 Å². The summed E-state index contributed by atoms with van der Waals surface area (Å²) in [5.41, 5.74) is 5.95. The minimum absolute atomic E-state index is 0.0688. The Labute approximate surface area is 98.1 Å². The molecule has 0 aromatic carbocycles. The van der Waals surface area contributed by atoms with Crippen LogP contribution >= 0.6 is 0 Å². The second-order valence-corrected chi connectivity index (χ2v) is 7.37. The van der Waals surface area contributed by atoms with E-state index in [-0.39, 0.29) is 23.6 Å². The minimum Gasteiger partial charge on any atom is -0.325 e. The van der Waals surface area contributed by atoms with E-state index in [0.29, 0.717) is 0 Å². The predicted molar refractivity (Wildman–Crippen MR) is 65.0 cm³/mol. The Morgan fingerprint density at radius 3 is 2.69 bits per heavy atom. The molecule has 0 spiro atoms. The molecular formula is C11H22N2O2S. The van der Waals surface area contributed by atoms with Crippen molar-refractivity contribution in [1.29, 1.82) is 0 Å². The van der Waals surface area contributed by atoms with E-state index in [2.05, 4.69) is 11.8 Å². The normalized spacial score (nSPS) is 40.0. The Morgan fingerprint density at radius 1 is 1.38 bits per heavy atom. The minimum atomic E-state index is -2.88. The molecule has 0 aromatic heterocycles. The van der Waals surface area contributed by atoms with Gasteiger partial charge >= 0.3 is 0 Å². The molecule has 0 aliphatic carbocycles. The van der Waals surface area contributed by atoms with Gasteiger partial charge in [0.2, 0.25) is 0 Å². The summed E-state index contributed by atoms with van der Waals surface area (Å²) in [6, 6.07) is -0.111. The zero-order valence-electron chi connectivity index (χ0n) is 9.93. The maximum Gasteiger partial charge on any atom is 0.153 e. The van der Waals surface area contributed by atoms with E-state index in [1.165, 1.54) is 19.3 Å². The second kappa shape index (κ2) is 4.63. The zero-order valence-corrected chi connectivity index (χ0v) is 10.7. The molecule has 94 valence electrons. The first-order chi connectivity index (χ1) is 7.52. The molecule has 16 heavy (non-hydrogen) atoms. The van der Waals surface area contributed by atoms with Crippen LogP contribution in [0.15, 0.2) is 0 Å². The van der Waals surface area contributed by atoms with Crippen molar-refractivity contribution in [2.24, 2.45) is 11.7 Å². The van der Waals surface area contributed by atoms with Crippen molar-refractivity contribution < 1.29 is 8.42 Å². The van der Waals surface area contributed by atoms with Crippen LogP contribution in [0.25, 0.3) is 0 Å². The Balaban J connectivity index is 2.02. The first-order valence-electron chi connectivity index (χ1n) is 6.22. The highest BCUT2D eigenvalue weighted by Gasteiger charge is 2.39. The molecule has 3 unspecified atom stereocenters. The van der Waals surface area contributed by atoms with Crippen molar-refractivity contribution in [1.82, 2.24) is 4.90 Å². The molecule has 0 saturated carbocycles. The fourth-order valence-corrected chi connectivity index (χ4v) is 4.89. The van der Waals surface area contributed by atoms with E-state index < -0.39 is 9.84 Å². The first kappa shape index (κ1) is 12.3. The lowest BCUT2D eigenvalue weighted by molar-refractivity contribution is 0.124. The topological polar surface area (TPSA) is 63.4 Å². The Bertz CT molecular complexity index is 342. The van der Waals surface area contributed by atoms with Gasteiger partial charge in [0, 0.05) is 18.6 Å². The molecule has 2 aliphatic heterocycles. The van der Waals surface area contributed by atoms with E-state index in [0.717, 1.165) is 19.0 Å². The summed E-state index contributed by atoms with van der Waals surface area (Å²) in [6.45, 7) is 4.26. The number of sulfone groups is 1. The average molecular weight is 246 g/mol. The Morgan fingerprint density at radius 2 is 2.12 bits per heavy atom. The fourth-order valence-electron chi connectivity index (χ4n) is 2.96. The highest BCUT2D eigenvalue weighted by atomic mass is 32.2. The van der Waals surface area contributed by atoms with Crippen LogP contribution in [0.5, 0.6) is 0 Å². The number of hydrogen-bond donors (Lipinski definition) is 1. The highest BCUT2D eigenvalue weighted by Crippen LogP contribution is 2.25. The maximum absolute atomic E-state index is 11.5. The third kappa shape index (κ3) is 2.57. The molecule has 4 nitrogen and oxygen atoms in total. The molecule has 2 saturated heterocycles. The van der Waals surface area contributed by atoms with Crippen molar-refractivity contribution in [2.75, 3.05) is 24.6 Å². The Kier molecular flexibility index (Phi) is 3.56. The van der Waals surface area contributed by atoms with Gasteiger partial charge in [0.25, 0.3) is 0 Å². The monoisotopic (exact) mass is 246 g/mol. The van der Waals surface area contributed by atoms with Gasteiger partial charge in [-0.05, 0) is 25.3 Å². The SMILES string of the molecule is CCC1CCCN(C2CS(=O)(=O)CC2N)C1. The Hall–Kier alpha value is -0.130. The van der Waals surface area contributed by atoms with Gasteiger partial charge in [-0.25, -0.2) is 8.42 Å². The van der Waals surface area contributed by atoms with Gasteiger partial charge in [-0.15, -0.1) is 0 Å². The summed E-state index contributed by atoms with van der Waals surface area (Å²) in [5.74, 6) is 1.17. The van der Waals surface area contributed by atoms with Gasteiger partial charge in [-0.1, -0.05) is 13.3 Å². The lowest BCUT2D eigenvalue weighted by atomic mass is 9.94. The molecule has 0 radical (unpaired) electrons. The van der Waals surface area contributed by atoms with Crippen molar-refractivity contribution in [3.63, 3.8) is 0 Å². The number of nitrogens with zero attached hydrogens (tertiary/aromatic N) is 1. The number of nitrogens with two attached hydrogens (primary N) is 1. The van der Waals surface area contributed by atoms with E-state index in [1.807, 2.05) is 0 Å². The van der Waals surface area contributed by atoms with Crippen LogP contribution < -0.4 is 5.73 Å². The molecule has 2 heterocycles. The molecule has 2 aliphatic rings. The van der Waals surface area contributed by atoms with E-state index in [1.54, 1.807) is 0 Å². The van der Waals surface area contributed by atoms with Crippen molar-refractivity contribution in [3.05, 3.63) is 0 Å². The van der Waals surface area contributed by atoms with E-state index in [9.17, 15) is 8.42 Å². The summed E-state index contributed by atoms with van der Waals surface area (Å²) in [5, 5.41) is 0. The molecule has 3 atom stereocenters. The average Bonchev–Trinajstić information content (AvgIpc) is 2.52. The van der Waals surface area contributed by atoms with Crippen molar-refractivity contribution in [2.45, 2.75) is 38.3 Å². The summed E-state index contributed by atoms with van der Waals surface area (Å²) in [7, 11) is -2.88. The summed E-state index contributed by atoms with van der Waals surface area (Å²) >= 11 is 0. The van der Waals surface area contributed by atoms with Crippen LogP contribution in [-0.4, -0.2) is 50.0 Å². The van der Waals surface area contributed by atoms with E-state index >= 15 is 0 Å². The van der Waals surface area contributed by atoms with Gasteiger partial charge in [-0.3, -0.25) is 4.90 Å². The lowest BCUT2D eigenvalue weighted by Crippen LogP contribution is -2.50. The maximum atomic E-state index is 11.5. The van der Waals surface area contributed by atoms with Crippen LogP contribution in [0.1, 0.15) is 26.2 Å². The largest absolute Gasteiger partial charge is 0.325 e. The number of likely N-dealkylation sites (tertiary alicyclic amines) is 1. The second-order valence-electron chi connectivity index (χ2n) is 5.22. The third-order valence-corrected chi connectivity index (χ3v) is 5.70. The van der Waals surface area contributed by atoms with Crippen LogP contribution in [0.4, 0.5) is 0 Å². The predicted octanol–water partition coefficient (Wildman–Crippen LogP) is 0.233. The quantitative estimate of drug-likeness (QED) is 0.758. The molecular weight excluding hydrogens is 224 g/mol. The van der Waals surface area contributed by atoms with Crippen LogP contribution in [-0.2, 0) is 9.84 Å². The summed E-state index contributed by atoms with van der Waals surface area (Å²) in [6.07, 6.45) is 3.65. The fraction of sp³-hybridized carbons (Fsp3) is 1.00. The molecule has 0 bridgehead atoms. The van der Waals surface area contributed by atoms with Crippen molar-refractivity contribution in [3.8, 4) is 0 Å².